The molecule has 20 heavy (non-hydrogen) atoms. The first-order valence-corrected chi connectivity index (χ1v) is 9.42. The predicted molar refractivity (Wildman–Crippen MR) is 80.2 cm³/mol. The van der Waals surface area contributed by atoms with Crippen molar-refractivity contribution in [1.29, 1.82) is 0 Å². The second kappa shape index (κ2) is 5.49. The van der Waals surface area contributed by atoms with Crippen LogP contribution in [0.4, 0.5) is 0 Å². The van der Waals surface area contributed by atoms with Gasteiger partial charge in [-0.2, -0.15) is 0 Å². The van der Waals surface area contributed by atoms with Crippen molar-refractivity contribution in [3.63, 3.8) is 0 Å². The van der Waals surface area contributed by atoms with Gasteiger partial charge in [-0.1, -0.05) is 25.0 Å². The number of hydrogen-bond acceptors (Lipinski definition) is 3. The quantitative estimate of drug-likeness (QED) is 0.928. The van der Waals surface area contributed by atoms with Gasteiger partial charge in [-0.3, -0.25) is 0 Å². The molecule has 2 fully saturated rings. The van der Waals surface area contributed by atoms with E-state index in [1.807, 2.05) is 12.1 Å². The molecule has 3 atom stereocenters. The molecular weight excluding hydrogens is 270 g/mol. The van der Waals surface area contributed by atoms with E-state index in [2.05, 4.69) is 5.32 Å². The molecule has 0 amide bonds. The van der Waals surface area contributed by atoms with Crippen molar-refractivity contribution < 1.29 is 8.42 Å². The normalized spacial score (nSPS) is 29.6. The monoisotopic (exact) mass is 293 g/mol. The van der Waals surface area contributed by atoms with E-state index in [0.29, 0.717) is 10.9 Å². The molecule has 2 bridgehead atoms. The van der Waals surface area contributed by atoms with Crippen molar-refractivity contribution in [1.82, 2.24) is 5.32 Å². The molecule has 110 valence electrons. The zero-order valence-corrected chi connectivity index (χ0v) is 12.8. The van der Waals surface area contributed by atoms with Gasteiger partial charge in [0, 0.05) is 18.8 Å². The van der Waals surface area contributed by atoms with E-state index < -0.39 is 9.84 Å². The SMILES string of the molecule is CS(=O)(=O)c1cccc(CNC2C[C@H]3CC[C@@H](C2)C3)c1. The van der Waals surface area contributed by atoms with Gasteiger partial charge in [-0.05, 0) is 48.8 Å². The average Bonchev–Trinajstić information content (AvgIpc) is 2.75. The fourth-order valence-corrected chi connectivity index (χ4v) is 4.51. The lowest BCUT2D eigenvalue weighted by Crippen LogP contribution is -2.34. The molecule has 2 aliphatic carbocycles. The molecule has 2 aliphatic rings. The maximum atomic E-state index is 11.6. The molecule has 3 rings (SSSR count). The van der Waals surface area contributed by atoms with Crippen LogP contribution >= 0.6 is 0 Å². The summed E-state index contributed by atoms with van der Waals surface area (Å²) in [6.45, 7) is 0.771. The lowest BCUT2D eigenvalue weighted by Gasteiger charge is -2.28. The first kappa shape index (κ1) is 14.1. The Morgan fingerprint density at radius 3 is 2.50 bits per heavy atom. The summed E-state index contributed by atoms with van der Waals surface area (Å²) in [4.78, 5) is 0.417. The van der Waals surface area contributed by atoms with Crippen LogP contribution in [0.1, 0.15) is 37.7 Å². The van der Waals surface area contributed by atoms with Crippen LogP contribution < -0.4 is 5.32 Å². The van der Waals surface area contributed by atoms with Gasteiger partial charge < -0.3 is 5.32 Å². The topological polar surface area (TPSA) is 46.2 Å². The number of sulfone groups is 1. The number of benzene rings is 1. The maximum absolute atomic E-state index is 11.6. The Hall–Kier alpha value is -0.870. The molecule has 2 saturated carbocycles. The van der Waals surface area contributed by atoms with E-state index in [1.165, 1.54) is 38.4 Å². The summed E-state index contributed by atoms with van der Waals surface area (Å²) < 4.78 is 23.1. The fraction of sp³-hybridized carbons (Fsp3) is 0.625. The largest absolute Gasteiger partial charge is 0.310 e. The Labute approximate surface area is 121 Å². The first-order chi connectivity index (χ1) is 9.50. The van der Waals surface area contributed by atoms with E-state index in [4.69, 9.17) is 0 Å². The van der Waals surface area contributed by atoms with Crippen LogP contribution in [-0.4, -0.2) is 20.7 Å². The van der Waals surface area contributed by atoms with E-state index in [-0.39, 0.29) is 0 Å². The summed E-state index contributed by atoms with van der Waals surface area (Å²) in [7, 11) is -3.10. The highest BCUT2D eigenvalue weighted by Crippen LogP contribution is 2.41. The Bertz CT molecular complexity index is 570. The summed E-state index contributed by atoms with van der Waals surface area (Å²) in [5.74, 6) is 1.85. The number of nitrogens with one attached hydrogen (secondary N) is 1. The Balaban J connectivity index is 1.61. The summed E-state index contributed by atoms with van der Waals surface area (Å²) in [6.07, 6.45) is 8.10. The van der Waals surface area contributed by atoms with Crippen molar-refractivity contribution in [2.75, 3.05) is 6.26 Å². The molecule has 3 nitrogen and oxygen atoms in total. The van der Waals surface area contributed by atoms with Gasteiger partial charge >= 0.3 is 0 Å². The molecule has 0 aliphatic heterocycles. The number of hydrogen-bond donors (Lipinski definition) is 1. The standard InChI is InChI=1S/C16H23NO2S/c1-20(18,19)16-4-2-3-14(10-16)11-17-15-8-12-5-6-13(7-12)9-15/h2-4,10,12-13,15,17H,5-9,11H2,1H3/t12-,13+,15?. The minimum absolute atomic E-state index is 0.417. The average molecular weight is 293 g/mol. The van der Waals surface area contributed by atoms with Crippen molar-refractivity contribution in [3.05, 3.63) is 29.8 Å². The summed E-state index contributed by atoms with van der Waals surface area (Å²) in [5, 5.41) is 3.62. The van der Waals surface area contributed by atoms with Gasteiger partial charge in [-0.15, -0.1) is 0 Å². The van der Waals surface area contributed by atoms with Gasteiger partial charge in [0.25, 0.3) is 0 Å². The lowest BCUT2D eigenvalue weighted by molar-refractivity contribution is 0.280. The van der Waals surface area contributed by atoms with E-state index in [0.717, 1.165) is 23.9 Å². The molecule has 0 heterocycles. The van der Waals surface area contributed by atoms with Crippen molar-refractivity contribution >= 4 is 9.84 Å². The molecular formula is C16H23NO2S. The number of fused-ring (bicyclic) bond motifs is 2. The number of rotatable bonds is 4. The minimum atomic E-state index is -3.10. The first-order valence-electron chi connectivity index (χ1n) is 7.53. The highest BCUT2D eigenvalue weighted by molar-refractivity contribution is 7.90. The van der Waals surface area contributed by atoms with Gasteiger partial charge in [0.05, 0.1) is 4.90 Å². The van der Waals surface area contributed by atoms with Gasteiger partial charge in [0.2, 0.25) is 0 Å². The van der Waals surface area contributed by atoms with Crippen molar-refractivity contribution in [3.8, 4) is 0 Å². The summed E-state index contributed by atoms with van der Waals surface area (Å²) in [5.41, 5.74) is 1.06. The fourth-order valence-electron chi connectivity index (χ4n) is 3.82. The highest BCUT2D eigenvalue weighted by Gasteiger charge is 2.33. The Morgan fingerprint density at radius 2 is 1.85 bits per heavy atom. The van der Waals surface area contributed by atoms with E-state index >= 15 is 0 Å². The molecule has 0 radical (unpaired) electrons. The van der Waals surface area contributed by atoms with Crippen LogP contribution in [0, 0.1) is 11.8 Å². The van der Waals surface area contributed by atoms with Crippen LogP contribution in [0.15, 0.2) is 29.2 Å². The van der Waals surface area contributed by atoms with Gasteiger partial charge in [0.1, 0.15) is 0 Å². The minimum Gasteiger partial charge on any atom is -0.310 e. The Kier molecular flexibility index (Phi) is 3.87. The highest BCUT2D eigenvalue weighted by atomic mass is 32.2. The molecule has 0 spiro atoms. The van der Waals surface area contributed by atoms with Crippen LogP contribution in [0.5, 0.6) is 0 Å². The van der Waals surface area contributed by atoms with E-state index in [1.54, 1.807) is 12.1 Å². The molecule has 1 aromatic carbocycles. The third-order valence-corrected chi connectivity index (χ3v) is 5.92. The molecule has 0 aromatic heterocycles. The molecule has 1 aromatic rings. The third-order valence-electron chi connectivity index (χ3n) is 4.81. The zero-order chi connectivity index (χ0) is 14.2. The van der Waals surface area contributed by atoms with Gasteiger partial charge in [0.15, 0.2) is 9.84 Å². The van der Waals surface area contributed by atoms with Crippen LogP contribution in [-0.2, 0) is 16.4 Å². The van der Waals surface area contributed by atoms with E-state index in [9.17, 15) is 8.42 Å². The molecule has 1 unspecified atom stereocenters. The van der Waals surface area contributed by atoms with Crippen LogP contribution in [0.3, 0.4) is 0 Å². The maximum Gasteiger partial charge on any atom is 0.175 e. The third kappa shape index (κ3) is 3.23. The Morgan fingerprint density at radius 1 is 1.15 bits per heavy atom. The second-order valence-corrected chi connectivity index (χ2v) is 8.53. The van der Waals surface area contributed by atoms with Gasteiger partial charge in [-0.25, -0.2) is 8.42 Å². The predicted octanol–water partition coefficient (Wildman–Crippen LogP) is 2.76. The zero-order valence-electron chi connectivity index (χ0n) is 12.0. The smallest absolute Gasteiger partial charge is 0.175 e. The van der Waals surface area contributed by atoms with Crippen LogP contribution in [0.25, 0.3) is 0 Å². The molecule has 1 N–H and O–H groups in total. The second-order valence-electron chi connectivity index (χ2n) is 6.51. The summed E-state index contributed by atoms with van der Waals surface area (Å²) >= 11 is 0. The van der Waals surface area contributed by atoms with Crippen LogP contribution in [0.2, 0.25) is 0 Å². The molecule has 0 saturated heterocycles. The molecule has 4 heteroatoms. The lowest BCUT2D eigenvalue weighted by atomic mass is 9.85. The van der Waals surface area contributed by atoms with Crippen molar-refractivity contribution in [2.24, 2.45) is 11.8 Å². The van der Waals surface area contributed by atoms with Crippen molar-refractivity contribution in [2.45, 2.75) is 49.6 Å². The summed E-state index contributed by atoms with van der Waals surface area (Å²) in [6, 6.07) is 7.90.